The highest BCUT2D eigenvalue weighted by atomic mass is 16.5. The predicted octanol–water partition coefficient (Wildman–Crippen LogP) is 0.542. The molecule has 116 valence electrons. The van der Waals surface area contributed by atoms with E-state index >= 15 is 0 Å². The van der Waals surface area contributed by atoms with E-state index in [1.54, 1.807) is 0 Å². The van der Waals surface area contributed by atoms with Crippen LogP contribution in [0.2, 0.25) is 0 Å². The molecular weight excluding hydrogens is 254 g/mol. The summed E-state index contributed by atoms with van der Waals surface area (Å²) in [6.07, 6.45) is 1.54. The molecule has 0 spiro atoms. The van der Waals surface area contributed by atoms with Gasteiger partial charge in [0.1, 0.15) is 0 Å². The highest BCUT2D eigenvalue weighted by molar-refractivity contribution is 5.83. The summed E-state index contributed by atoms with van der Waals surface area (Å²) in [6.45, 7) is 11.0. The molecule has 2 fully saturated rings. The van der Waals surface area contributed by atoms with Gasteiger partial charge in [0.2, 0.25) is 5.91 Å². The lowest BCUT2D eigenvalue weighted by atomic mass is 9.78. The summed E-state index contributed by atoms with van der Waals surface area (Å²) in [5, 5.41) is 0. The fraction of sp³-hybridized carbons (Fsp3) is 0.933. The van der Waals surface area contributed by atoms with Crippen LogP contribution in [0.4, 0.5) is 0 Å². The van der Waals surface area contributed by atoms with E-state index in [4.69, 9.17) is 10.5 Å². The minimum atomic E-state index is -0.363. The molecule has 0 saturated carbocycles. The molecule has 0 bridgehead atoms. The van der Waals surface area contributed by atoms with Gasteiger partial charge in [-0.2, -0.15) is 0 Å². The van der Waals surface area contributed by atoms with Gasteiger partial charge < -0.3 is 15.4 Å². The number of carbonyl (C=O) groups is 1. The molecule has 1 amide bonds. The van der Waals surface area contributed by atoms with Gasteiger partial charge in [-0.3, -0.25) is 9.69 Å². The second-order valence-electron chi connectivity index (χ2n) is 6.58. The molecular formula is C15H29N3O2. The Labute approximate surface area is 122 Å². The smallest absolute Gasteiger partial charge is 0.230 e. The quantitative estimate of drug-likeness (QED) is 0.818. The fourth-order valence-corrected chi connectivity index (χ4v) is 3.25. The average Bonchev–Trinajstić information content (AvgIpc) is 2.47. The number of rotatable bonds is 4. The molecule has 0 radical (unpaired) electrons. The molecule has 20 heavy (non-hydrogen) atoms. The van der Waals surface area contributed by atoms with Gasteiger partial charge in [0.05, 0.1) is 5.41 Å². The van der Waals surface area contributed by atoms with Crippen LogP contribution in [-0.2, 0) is 9.53 Å². The minimum absolute atomic E-state index is 0.257. The van der Waals surface area contributed by atoms with E-state index in [-0.39, 0.29) is 11.3 Å². The van der Waals surface area contributed by atoms with Crippen LogP contribution < -0.4 is 5.73 Å². The molecule has 2 rings (SSSR count). The SMILES string of the molecule is CC(C)CN1CCN(C(=O)C2(CN)CCOCC2)CC1. The van der Waals surface area contributed by atoms with Crippen LogP contribution in [0.3, 0.4) is 0 Å². The van der Waals surface area contributed by atoms with Crippen molar-refractivity contribution in [3.8, 4) is 0 Å². The number of piperazine rings is 1. The molecule has 5 heteroatoms. The van der Waals surface area contributed by atoms with Gasteiger partial charge in [-0.15, -0.1) is 0 Å². The monoisotopic (exact) mass is 283 g/mol. The van der Waals surface area contributed by atoms with E-state index in [0.29, 0.717) is 25.7 Å². The van der Waals surface area contributed by atoms with Gasteiger partial charge in [-0.1, -0.05) is 13.8 Å². The molecule has 0 aliphatic carbocycles. The maximum atomic E-state index is 12.8. The zero-order chi connectivity index (χ0) is 14.6. The van der Waals surface area contributed by atoms with Crippen molar-refractivity contribution in [3.63, 3.8) is 0 Å². The molecule has 2 saturated heterocycles. The lowest BCUT2D eigenvalue weighted by Gasteiger charge is -2.42. The van der Waals surface area contributed by atoms with Crippen molar-refractivity contribution in [2.75, 3.05) is 52.5 Å². The Kier molecular flexibility index (Phi) is 5.41. The molecule has 5 nitrogen and oxygen atoms in total. The number of nitrogens with zero attached hydrogens (tertiary/aromatic N) is 2. The van der Waals surface area contributed by atoms with Crippen molar-refractivity contribution in [1.82, 2.24) is 9.80 Å². The molecule has 0 aromatic rings. The van der Waals surface area contributed by atoms with E-state index in [9.17, 15) is 4.79 Å². The molecule has 2 aliphatic rings. The van der Waals surface area contributed by atoms with E-state index < -0.39 is 0 Å². The van der Waals surface area contributed by atoms with Crippen LogP contribution in [0.1, 0.15) is 26.7 Å². The molecule has 0 aromatic carbocycles. The first-order valence-electron chi connectivity index (χ1n) is 7.87. The summed E-state index contributed by atoms with van der Waals surface area (Å²) in [5.41, 5.74) is 5.56. The van der Waals surface area contributed by atoms with Gasteiger partial charge in [-0.25, -0.2) is 0 Å². The van der Waals surface area contributed by atoms with Crippen LogP contribution >= 0.6 is 0 Å². The average molecular weight is 283 g/mol. The van der Waals surface area contributed by atoms with Crippen molar-refractivity contribution in [2.24, 2.45) is 17.1 Å². The van der Waals surface area contributed by atoms with Crippen LogP contribution in [0, 0.1) is 11.3 Å². The normalized spacial score (nSPS) is 24.1. The van der Waals surface area contributed by atoms with E-state index in [2.05, 4.69) is 18.7 Å². The van der Waals surface area contributed by atoms with E-state index in [1.165, 1.54) is 0 Å². The Morgan fingerprint density at radius 2 is 1.80 bits per heavy atom. The third kappa shape index (κ3) is 3.51. The van der Waals surface area contributed by atoms with Gasteiger partial charge in [-0.05, 0) is 18.8 Å². The second kappa shape index (κ2) is 6.87. The number of hydrogen-bond donors (Lipinski definition) is 1. The van der Waals surface area contributed by atoms with Gasteiger partial charge in [0.15, 0.2) is 0 Å². The van der Waals surface area contributed by atoms with Gasteiger partial charge >= 0.3 is 0 Å². The van der Waals surface area contributed by atoms with E-state index in [1.807, 2.05) is 4.90 Å². The van der Waals surface area contributed by atoms with Gasteiger partial charge in [0.25, 0.3) is 0 Å². The Morgan fingerprint density at radius 3 is 2.30 bits per heavy atom. The zero-order valence-electron chi connectivity index (χ0n) is 12.9. The first kappa shape index (κ1) is 15.7. The summed E-state index contributed by atoms with van der Waals surface area (Å²) in [4.78, 5) is 17.3. The number of amides is 1. The lowest BCUT2D eigenvalue weighted by molar-refractivity contribution is -0.149. The largest absolute Gasteiger partial charge is 0.381 e. The highest BCUT2D eigenvalue weighted by Crippen LogP contribution is 2.32. The lowest BCUT2D eigenvalue weighted by Crippen LogP contribution is -2.56. The second-order valence-corrected chi connectivity index (χ2v) is 6.58. The van der Waals surface area contributed by atoms with Gasteiger partial charge in [0, 0.05) is 52.5 Å². The van der Waals surface area contributed by atoms with E-state index in [0.717, 1.165) is 45.6 Å². The van der Waals surface area contributed by atoms with Crippen molar-refractivity contribution < 1.29 is 9.53 Å². The molecule has 2 aliphatic heterocycles. The summed E-state index contributed by atoms with van der Waals surface area (Å²) >= 11 is 0. The number of carbonyl (C=O) groups excluding carboxylic acids is 1. The standard InChI is InChI=1S/C15H29N3O2/c1-13(2)11-17-5-7-18(8-6-17)14(19)15(12-16)3-9-20-10-4-15/h13H,3-12,16H2,1-2H3. The maximum Gasteiger partial charge on any atom is 0.230 e. The molecule has 2 heterocycles. The summed E-state index contributed by atoms with van der Waals surface area (Å²) in [6, 6.07) is 0. The maximum absolute atomic E-state index is 12.8. The molecule has 2 N–H and O–H groups in total. The number of ether oxygens (including phenoxy) is 1. The Hall–Kier alpha value is -0.650. The van der Waals surface area contributed by atoms with Crippen molar-refractivity contribution in [1.29, 1.82) is 0 Å². The zero-order valence-corrected chi connectivity index (χ0v) is 12.9. The topological polar surface area (TPSA) is 58.8 Å². The highest BCUT2D eigenvalue weighted by Gasteiger charge is 2.41. The molecule has 0 aromatic heterocycles. The summed E-state index contributed by atoms with van der Waals surface area (Å²) in [5.74, 6) is 0.940. The third-order valence-electron chi connectivity index (χ3n) is 4.58. The van der Waals surface area contributed by atoms with Crippen molar-refractivity contribution >= 4 is 5.91 Å². The van der Waals surface area contributed by atoms with Crippen molar-refractivity contribution in [3.05, 3.63) is 0 Å². The van der Waals surface area contributed by atoms with Crippen LogP contribution in [0.25, 0.3) is 0 Å². The number of nitrogens with two attached hydrogens (primary N) is 1. The van der Waals surface area contributed by atoms with Crippen molar-refractivity contribution in [2.45, 2.75) is 26.7 Å². The number of hydrogen-bond acceptors (Lipinski definition) is 4. The van der Waals surface area contributed by atoms with Crippen LogP contribution in [-0.4, -0.2) is 68.2 Å². The Morgan fingerprint density at radius 1 is 1.20 bits per heavy atom. The fourth-order valence-electron chi connectivity index (χ4n) is 3.25. The first-order chi connectivity index (χ1) is 9.57. The predicted molar refractivity (Wildman–Crippen MR) is 79.4 cm³/mol. The summed E-state index contributed by atoms with van der Waals surface area (Å²) < 4.78 is 5.39. The summed E-state index contributed by atoms with van der Waals surface area (Å²) in [7, 11) is 0. The minimum Gasteiger partial charge on any atom is -0.381 e. The molecule has 0 unspecified atom stereocenters. The molecule has 0 atom stereocenters. The van der Waals surface area contributed by atoms with Crippen LogP contribution in [0.5, 0.6) is 0 Å². The Balaban J connectivity index is 1.90. The third-order valence-corrected chi connectivity index (χ3v) is 4.58. The first-order valence-corrected chi connectivity index (χ1v) is 7.87. The Bertz CT molecular complexity index is 319. The van der Waals surface area contributed by atoms with Crippen LogP contribution in [0.15, 0.2) is 0 Å².